The summed E-state index contributed by atoms with van der Waals surface area (Å²) in [5, 5.41) is 2.97. The van der Waals surface area contributed by atoms with Crippen LogP contribution >= 0.6 is 0 Å². The molecule has 0 saturated heterocycles. The molecular weight excluding hydrogens is 240 g/mol. The van der Waals surface area contributed by atoms with Crippen LogP contribution in [0.2, 0.25) is 0 Å². The second-order valence-corrected chi connectivity index (χ2v) is 4.68. The Morgan fingerprint density at radius 1 is 1.16 bits per heavy atom. The molecule has 1 aromatic heterocycles. The van der Waals surface area contributed by atoms with E-state index in [9.17, 15) is 0 Å². The Hall–Kier alpha value is -2.11. The number of allylic oxidation sites excluding steroid dienone is 2. The van der Waals surface area contributed by atoms with Gasteiger partial charge in [0.25, 0.3) is 0 Å². The lowest BCUT2D eigenvalue weighted by molar-refractivity contribution is 0.883. The van der Waals surface area contributed by atoms with Crippen LogP contribution in [0.3, 0.4) is 0 Å². The van der Waals surface area contributed by atoms with Crippen molar-refractivity contribution in [2.75, 3.05) is 49.9 Å². The molecule has 1 N–H and O–H groups in total. The van der Waals surface area contributed by atoms with Gasteiger partial charge in [-0.3, -0.25) is 0 Å². The Morgan fingerprint density at radius 2 is 1.89 bits per heavy atom. The molecule has 102 valence electrons. The van der Waals surface area contributed by atoms with Crippen LogP contribution in [-0.4, -0.2) is 49.7 Å². The highest BCUT2D eigenvalue weighted by Crippen LogP contribution is 2.16. The highest BCUT2D eigenvalue weighted by Gasteiger charge is 2.12. The number of aromatic nitrogens is 3. The van der Waals surface area contributed by atoms with E-state index in [1.54, 1.807) is 7.05 Å². The summed E-state index contributed by atoms with van der Waals surface area (Å²) in [6.07, 6.45) is 7.53. The van der Waals surface area contributed by atoms with Gasteiger partial charge in [-0.25, -0.2) is 0 Å². The Bertz CT molecular complexity index is 506. The predicted octanol–water partition coefficient (Wildman–Crippen LogP) is 1.30. The van der Waals surface area contributed by atoms with E-state index in [1.807, 2.05) is 30.9 Å². The highest BCUT2D eigenvalue weighted by atomic mass is 15.3. The minimum atomic E-state index is 0.580. The Balaban J connectivity index is 2.22. The molecule has 1 aromatic rings. The maximum absolute atomic E-state index is 4.46. The van der Waals surface area contributed by atoms with Gasteiger partial charge in [0.2, 0.25) is 17.8 Å². The van der Waals surface area contributed by atoms with Crippen LogP contribution < -0.4 is 15.1 Å². The molecule has 19 heavy (non-hydrogen) atoms. The zero-order chi connectivity index (χ0) is 13.8. The second kappa shape index (κ2) is 5.69. The van der Waals surface area contributed by atoms with E-state index in [1.165, 1.54) is 5.57 Å². The molecule has 0 aromatic carbocycles. The van der Waals surface area contributed by atoms with Crippen molar-refractivity contribution < 1.29 is 0 Å². The first-order valence-corrected chi connectivity index (χ1v) is 6.28. The number of hydrogen-bond donors (Lipinski definition) is 1. The maximum atomic E-state index is 4.46. The van der Waals surface area contributed by atoms with Crippen molar-refractivity contribution in [1.29, 1.82) is 0 Å². The van der Waals surface area contributed by atoms with E-state index in [0.717, 1.165) is 13.0 Å². The van der Waals surface area contributed by atoms with E-state index in [0.29, 0.717) is 17.8 Å². The van der Waals surface area contributed by atoms with Crippen LogP contribution in [0, 0.1) is 0 Å². The number of anilines is 3. The Morgan fingerprint density at radius 3 is 2.47 bits per heavy atom. The topological polar surface area (TPSA) is 57.2 Å². The van der Waals surface area contributed by atoms with Gasteiger partial charge in [-0.2, -0.15) is 15.0 Å². The molecular formula is C13H20N6. The maximum Gasteiger partial charge on any atom is 0.232 e. The quantitative estimate of drug-likeness (QED) is 0.861. The monoisotopic (exact) mass is 260 g/mol. The average molecular weight is 260 g/mol. The summed E-state index contributed by atoms with van der Waals surface area (Å²) in [5.74, 6) is 1.90. The molecule has 0 saturated carbocycles. The van der Waals surface area contributed by atoms with Gasteiger partial charge in [-0.1, -0.05) is 18.2 Å². The molecule has 0 fully saturated rings. The molecule has 2 rings (SSSR count). The first-order chi connectivity index (χ1) is 9.10. The van der Waals surface area contributed by atoms with Crippen molar-refractivity contribution in [3.63, 3.8) is 0 Å². The van der Waals surface area contributed by atoms with Gasteiger partial charge in [-0.05, 0) is 12.0 Å². The molecule has 0 unspecified atom stereocenters. The van der Waals surface area contributed by atoms with E-state index in [2.05, 4.69) is 38.5 Å². The third kappa shape index (κ3) is 3.21. The van der Waals surface area contributed by atoms with Gasteiger partial charge in [-0.15, -0.1) is 0 Å². The summed E-state index contributed by atoms with van der Waals surface area (Å²) in [6.45, 7) is 0.802. The second-order valence-electron chi connectivity index (χ2n) is 4.68. The lowest BCUT2D eigenvalue weighted by Crippen LogP contribution is -2.24. The number of likely N-dealkylation sites (N-methyl/N-ethyl adjacent to an activating group) is 1. The van der Waals surface area contributed by atoms with Crippen molar-refractivity contribution in [2.45, 2.75) is 6.42 Å². The minimum Gasteiger partial charge on any atom is -0.357 e. The highest BCUT2D eigenvalue weighted by molar-refractivity contribution is 5.45. The van der Waals surface area contributed by atoms with Crippen molar-refractivity contribution in [1.82, 2.24) is 15.0 Å². The fourth-order valence-corrected chi connectivity index (χ4v) is 1.81. The standard InChI is InChI=1S/C13H20N6/c1-14-11-15-12(18(2)3)17-13(16-11)19(4)9-10-7-5-6-8-10/h5,7-8H,6,9H2,1-4H3,(H,14,15,16,17). The smallest absolute Gasteiger partial charge is 0.232 e. The molecule has 1 aliphatic carbocycles. The van der Waals surface area contributed by atoms with Crippen LogP contribution in [-0.2, 0) is 0 Å². The average Bonchev–Trinajstić information content (AvgIpc) is 2.90. The Labute approximate surface area is 113 Å². The van der Waals surface area contributed by atoms with Crippen molar-refractivity contribution in [2.24, 2.45) is 0 Å². The molecule has 6 heteroatoms. The number of hydrogen-bond acceptors (Lipinski definition) is 6. The lowest BCUT2D eigenvalue weighted by Gasteiger charge is -2.19. The SMILES string of the molecule is CNc1nc(N(C)C)nc(N(C)CC2=CCC=C2)n1. The molecule has 0 atom stereocenters. The van der Waals surface area contributed by atoms with Gasteiger partial charge in [0, 0.05) is 34.7 Å². The van der Waals surface area contributed by atoms with Crippen molar-refractivity contribution >= 4 is 17.8 Å². The summed E-state index contributed by atoms with van der Waals surface area (Å²) in [4.78, 5) is 17.0. The van der Waals surface area contributed by atoms with E-state index in [-0.39, 0.29) is 0 Å². The molecule has 0 bridgehead atoms. The molecule has 0 amide bonds. The van der Waals surface area contributed by atoms with Gasteiger partial charge in [0.15, 0.2) is 0 Å². The fraction of sp³-hybridized carbons (Fsp3) is 0.462. The minimum absolute atomic E-state index is 0.580. The third-order valence-corrected chi connectivity index (χ3v) is 2.84. The van der Waals surface area contributed by atoms with Crippen molar-refractivity contribution in [3.05, 3.63) is 23.8 Å². The molecule has 0 aliphatic heterocycles. The summed E-state index contributed by atoms with van der Waals surface area (Å²) in [7, 11) is 7.63. The molecule has 1 aliphatic rings. The zero-order valence-electron chi connectivity index (χ0n) is 11.9. The van der Waals surface area contributed by atoms with Crippen LogP contribution in [0.1, 0.15) is 6.42 Å². The zero-order valence-corrected chi connectivity index (χ0v) is 11.9. The normalized spacial score (nSPS) is 13.4. The van der Waals surface area contributed by atoms with Crippen LogP contribution in [0.15, 0.2) is 23.8 Å². The number of rotatable bonds is 5. The van der Waals surface area contributed by atoms with Gasteiger partial charge in [0.1, 0.15) is 0 Å². The fourth-order valence-electron chi connectivity index (χ4n) is 1.81. The van der Waals surface area contributed by atoms with E-state index in [4.69, 9.17) is 0 Å². The van der Waals surface area contributed by atoms with Crippen LogP contribution in [0.5, 0.6) is 0 Å². The third-order valence-electron chi connectivity index (χ3n) is 2.84. The molecule has 0 spiro atoms. The van der Waals surface area contributed by atoms with Gasteiger partial charge < -0.3 is 15.1 Å². The van der Waals surface area contributed by atoms with Gasteiger partial charge >= 0.3 is 0 Å². The van der Waals surface area contributed by atoms with E-state index >= 15 is 0 Å². The molecule has 1 heterocycles. The van der Waals surface area contributed by atoms with Crippen LogP contribution in [0.4, 0.5) is 17.8 Å². The molecule has 0 radical (unpaired) electrons. The van der Waals surface area contributed by atoms with Crippen molar-refractivity contribution in [3.8, 4) is 0 Å². The summed E-state index contributed by atoms with van der Waals surface area (Å²) in [5.41, 5.74) is 1.29. The predicted molar refractivity (Wildman–Crippen MR) is 78.8 cm³/mol. The largest absolute Gasteiger partial charge is 0.357 e. The molecule has 6 nitrogen and oxygen atoms in total. The summed E-state index contributed by atoms with van der Waals surface area (Å²) >= 11 is 0. The number of nitrogens with one attached hydrogen (secondary N) is 1. The van der Waals surface area contributed by atoms with E-state index < -0.39 is 0 Å². The lowest BCUT2D eigenvalue weighted by atomic mass is 10.3. The first-order valence-electron chi connectivity index (χ1n) is 6.28. The first kappa shape index (κ1) is 13.3. The number of nitrogens with zero attached hydrogens (tertiary/aromatic N) is 5. The van der Waals surface area contributed by atoms with Crippen LogP contribution in [0.25, 0.3) is 0 Å². The van der Waals surface area contributed by atoms with Gasteiger partial charge in [0.05, 0.1) is 0 Å². The Kier molecular flexibility index (Phi) is 3.99. The summed E-state index contributed by atoms with van der Waals surface area (Å²) < 4.78 is 0. The summed E-state index contributed by atoms with van der Waals surface area (Å²) in [6, 6.07) is 0.